The smallest absolute Gasteiger partial charge is 0.138 e. The van der Waals surface area contributed by atoms with Crippen LogP contribution in [0.15, 0.2) is 6.33 Å². The molecule has 114 valence electrons. The Bertz CT molecular complexity index is 611. The minimum Gasteiger partial charge on any atom is -0.382 e. The number of fused-ring (bicyclic) bond motifs is 3. The molecule has 1 atom stereocenters. The van der Waals surface area contributed by atoms with E-state index in [4.69, 9.17) is 4.74 Å². The topological polar surface area (TPSA) is 47.0 Å². The van der Waals surface area contributed by atoms with Crippen molar-refractivity contribution in [1.82, 2.24) is 9.97 Å². The lowest BCUT2D eigenvalue weighted by Crippen LogP contribution is -2.10. The van der Waals surface area contributed by atoms with Crippen molar-refractivity contribution in [3.63, 3.8) is 0 Å². The number of rotatable bonds is 6. The van der Waals surface area contributed by atoms with Gasteiger partial charge in [-0.3, -0.25) is 0 Å². The Morgan fingerprint density at radius 1 is 1.43 bits per heavy atom. The molecule has 2 aromatic heterocycles. The molecular weight excluding hydrogens is 282 g/mol. The van der Waals surface area contributed by atoms with Crippen LogP contribution in [0.2, 0.25) is 0 Å². The molecule has 0 fully saturated rings. The summed E-state index contributed by atoms with van der Waals surface area (Å²) in [4.78, 5) is 11.6. The summed E-state index contributed by atoms with van der Waals surface area (Å²) in [7, 11) is 0. The summed E-state index contributed by atoms with van der Waals surface area (Å²) in [6, 6.07) is 0. The van der Waals surface area contributed by atoms with Gasteiger partial charge >= 0.3 is 0 Å². The number of aromatic nitrogens is 2. The number of nitrogens with one attached hydrogen (secondary N) is 1. The molecule has 0 bridgehead atoms. The Morgan fingerprint density at radius 3 is 3.19 bits per heavy atom. The van der Waals surface area contributed by atoms with E-state index in [0.29, 0.717) is 0 Å². The van der Waals surface area contributed by atoms with Gasteiger partial charge in [0.05, 0.1) is 5.39 Å². The van der Waals surface area contributed by atoms with Crippen LogP contribution in [0.1, 0.15) is 37.1 Å². The summed E-state index contributed by atoms with van der Waals surface area (Å²) in [6.07, 6.45) is 6.32. The second-order valence-corrected chi connectivity index (χ2v) is 6.82. The Hall–Kier alpha value is -1.20. The van der Waals surface area contributed by atoms with Gasteiger partial charge in [0, 0.05) is 24.6 Å². The summed E-state index contributed by atoms with van der Waals surface area (Å²) in [5.74, 6) is 1.80. The van der Waals surface area contributed by atoms with Crippen molar-refractivity contribution >= 4 is 27.4 Å². The van der Waals surface area contributed by atoms with Crippen LogP contribution in [-0.2, 0) is 17.6 Å². The monoisotopic (exact) mass is 305 g/mol. The Kier molecular flexibility index (Phi) is 4.70. The minimum atomic E-state index is 0.786. The van der Waals surface area contributed by atoms with Crippen molar-refractivity contribution in [3.05, 3.63) is 16.8 Å². The van der Waals surface area contributed by atoms with Crippen LogP contribution >= 0.6 is 11.3 Å². The van der Waals surface area contributed by atoms with Gasteiger partial charge in [-0.05, 0) is 44.1 Å². The molecule has 0 aromatic carbocycles. The van der Waals surface area contributed by atoms with Crippen molar-refractivity contribution in [3.8, 4) is 0 Å². The molecule has 2 heterocycles. The zero-order valence-corrected chi connectivity index (χ0v) is 13.6. The molecule has 0 amide bonds. The van der Waals surface area contributed by atoms with Crippen molar-refractivity contribution in [2.75, 3.05) is 25.1 Å². The normalized spacial score (nSPS) is 17.9. The average molecular weight is 305 g/mol. The second kappa shape index (κ2) is 6.71. The van der Waals surface area contributed by atoms with Crippen LogP contribution in [0.3, 0.4) is 0 Å². The van der Waals surface area contributed by atoms with Crippen LogP contribution in [0.5, 0.6) is 0 Å². The number of nitrogens with zero attached hydrogens (tertiary/aromatic N) is 2. The fourth-order valence-corrected chi connectivity index (χ4v) is 4.28. The lowest BCUT2D eigenvalue weighted by Gasteiger charge is -2.18. The van der Waals surface area contributed by atoms with Crippen molar-refractivity contribution in [2.24, 2.45) is 5.92 Å². The highest BCUT2D eigenvalue weighted by molar-refractivity contribution is 7.19. The largest absolute Gasteiger partial charge is 0.382 e. The van der Waals surface area contributed by atoms with E-state index in [2.05, 4.69) is 22.2 Å². The Balaban J connectivity index is 1.79. The molecule has 0 saturated carbocycles. The lowest BCUT2D eigenvalue weighted by molar-refractivity contribution is 0.147. The SMILES string of the molecule is CCOCCCNc1ncnc2sc3c(c12)CC[C@@H](C)C3. The molecule has 5 heteroatoms. The molecule has 1 N–H and O–H groups in total. The van der Waals surface area contributed by atoms with Crippen LogP contribution < -0.4 is 5.32 Å². The second-order valence-electron chi connectivity index (χ2n) is 5.73. The number of anilines is 1. The molecule has 0 aliphatic heterocycles. The molecule has 0 saturated heterocycles. The fraction of sp³-hybridized carbons (Fsp3) is 0.625. The number of aryl methyl sites for hydroxylation is 1. The van der Waals surface area contributed by atoms with Gasteiger partial charge in [0.25, 0.3) is 0 Å². The highest BCUT2D eigenvalue weighted by Gasteiger charge is 2.22. The number of hydrogen-bond acceptors (Lipinski definition) is 5. The van der Waals surface area contributed by atoms with Crippen molar-refractivity contribution < 1.29 is 4.74 Å². The van der Waals surface area contributed by atoms with Crippen LogP contribution in [0.4, 0.5) is 5.82 Å². The van der Waals surface area contributed by atoms with Gasteiger partial charge < -0.3 is 10.1 Å². The highest BCUT2D eigenvalue weighted by Crippen LogP contribution is 2.39. The van der Waals surface area contributed by atoms with Gasteiger partial charge in [0.15, 0.2) is 0 Å². The van der Waals surface area contributed by atoms with E-state index in [9.17, 15) is 0 Å². The van der Waals surface area contributed by atoms with E-state index in [0.717, 1.165) is 49.2 Å². The van der Waals surface area contributed by atoms with Gasteiger partial charge in [0.1, 0.15) is 17.0 Å². The maximum atomic E-state index is 5.38. The third-order valence-electron chi connectivity index (χ3n) is 4.05. The van der Waals surface area contributed by atoms with Crippen LogP contribution in [-0.4, -0.2) is 29.7 Å². The molecule has 21 heavy (non-hydrogen) atoms. The molecule has 3 rings (SSSR count). The van der Waals surface area contributed by atoms with Gasteiger partial charge in [-0.1, -0.05) is 6.92 Å². The summed E-state index contributed by atoms with van der Waals surface area (Å²) >= 11 is 1.85. The van der Waals surface area contributed by atoms with Gasteiger partial charge in [0.2, 0.25) is 0 Å². The van der Waals surface area contributed by atoms with E-state index in [1.54, 1.807) is 6.33 Å². The molecule has 1 aliphatic rings. The maximum Gasteiger partial charge on any atom is 0.138 e. The maximum absolute atomic E-state index is 5.38. The first-order valence-electron chi connectivity index (χ1n) is 7.86. The van der Waals surface area contributed by atoms with E-state index in [-0.39, 0.29) is 0 Å². The lowest BCUT2D eigenvalue weighted by atomic mass is 9.89. The van der Waals surface area contributed by atoms with Crippen LogP contribution in [0, 0.1) is 5.92 Å². The third kappa shape index (κ3) is 3.19. The van der Waals surface area contributed by atoms with E-state index >= 15 is 0 Å². The molecule has 0 unspecified atom stereocenters. The number of hydrogen-bond donors (Lipinski definition) is 1. The van der Waals surface area contributed by atoms with E-state index in [1.807, 2.05) is 18.3 Å². The fourth-order valence-electron chi connectivity index (χ4n) is 2.93. The highest BCUT2D eigenvalue weighted by atomic mass is 32.1. The molecule has 0 spiro atoms. The third-order valence-corrected chi connectivity index (χ3v) is 5.22. The number of ether oxygens (including phenoxy) is 1. The molecule has 0 radical (unpaired) electrons. The summed E-state index contributed by atoms with van der Waals surface area (Å²) in [5.41, 5.74) is 1.49. The standard InChI is InChI=1S/C16H23N3OS/c1-3-20-8-4-7-17-15-14-12-6-5-11(2)9-13(12)21-16(14)19-10-18-15/h10-11H,3-9H2,1-2H3,(H,17,18,19)/t11-/m1/s1. The average Bonchev–Trinajstić information content (AvgIpc) is 2.85. The Morgan fingerprint density at radius 2 is 2.33 bits per heavy atom. The van der Waals surface area contributed by atoms with Crippen LogP contribution in [0.25, 0.3) is 10.2 Å². The quantitative estimate of drug-likeness (QED) is 0.828. The zero-order chi connectivity index (χ0) is 14.7. The van der Waals surface area contributed by atoms with Gasteiger partial charge in [-0.15, -0.1) is 11.3 Å². The van der Waals surface area contributed by atoms with Crippen molar-refractivity contribution in [1.29, 1.82) is 0 Å². The Labute approximate surface area is 129 Å². The first-order valence-corrected chi connectivity index (χ1v) is 8.68. The summed E-state index contributed by atoms with van der Waals surface area (Å²) in [6.45, 7) is 6.85. The summed E-state index contributed by atoms with van der Waals surface area (Å²) in [5, 5.41) is 4.73. The number of thiophene rings is 1. The first-order chi connectivity index (χ1) is 10.3. The molecular formula is C16H23N3OS. The predicted octanol–water partition coefficient (Wildman–Crippen LogP) is 3.65. The molecule has 4 nitrogen and oxygen atoms in total. The minimum absolute atomic E-state index is 0.786. The predicted molar refractivity (Wildman–Crippen MR) is 88.2 cm³/mol. The summed E-state index contributed by atoms with van der Waals surface area (Å²) < 4.78 is 5.38. The molecule has 1 aliphatic carbocycles. The van der Waals surface area contributed by atoms with Gasteiger partial charge in [-0.25, -0.2) is 9.97 Å². The van der Waals surface area contributed by atoms with Crippen molar-refractivity contribution in [2.45, 2.75) is 39.5 Å². The molecule has 2 aromatic rings. The first kappa shape index (κ1) is 14.7. The van der Waals surface area contributed by atoms with E-state index < -0.39 is 0 Å². The van der Waals surface area contributed by atoms with E-state index in [1.165, 1.54) is 28.7 Å². The van der Waals surface area contributed by atoms with Gasteiger partial charge in [-0.2, -0.15) is 0 Å². The zero-order valence-electron chi connectivity index (χ0n) is 12.8.